The Morgan fingerprint density at radius 3 is 2.44 bits per heavy atom. The number of carbonyl (C=O) groups excluding carboxylic acids is 1. The highest BCUT2D eigenvalue weighted by molar-refractivity contribution is 9.10. The van der Waals surface area contributed by atoms with Crippen molar-refractivity contribution in [2.75, 3.05) is 5.73 Å². The Balaban J connectivity index is 2.47. The Bertz CT molecular complexity index is 603. The third kappa shape index (κ3) is 2.82. The van der Waals surface area contributed by atoms with Crippen molar-refractivity contribution in [3.63, 3.8) is 0 Å². The van der Waals surface area contributed by atoms with Crippen molar-refractivity contribution in [1.82, 2.24) is 0 Å². The summed E-state index contributed by atoms with van der Waals surface area (Å²) in [7, 11) is 0. The molecule has 0 spiro atoms. The molecule has 0 bridgehead atoms. The van der Waals surface area contributed by atoms with Crippen LogP contribution in [0.3, 0.4) is 0 Å². The average molecular weight is 369 g/mol. The Morgan fingerprint density at radius 2 is 1.83 bits per heavy atom. The monoisotopic (exact) mass is 367 g/mol. The number of benzene rings is 2. The van der Waals surface area contributed by atoms with Gasteiger partial charge in [0.2, 0.25) is 0 Å². The summed E-state index contributed by atoms with van der Waals surface area (Å²) in [6.07, 6.45) is 0. The van der Waals surface area contributed by atoms with Gasteiger partial charge in [0.25, 0.3) is 0 Å². The van der Waals surface area contributed by atoms with Crippen molar-refractivity contribution < 1.29 is 4.79 Å². The van der Waals surface area contributed by atoms with Crippen molar-refractivity contribution in [2.45, 2.75) is 6.92 Å². The first-order chi connectivity index (χ1) is 8.47. The quantitative estimate of drug-likeness (QED) is 0.633. The molecular formula is C14H11Br2NO. The number of rotatable bonds is 2. The SMILES string of the molecule is Cc1cc(Br)cc(C(=O)c2ccc(N)cc2Br)c1. The molecule has 0 unspecified atom stereocenters. The van der Waals surface area contributed by atoms with Gasteiger partial charge in [0.1, 0.15) is 0 Å². The summed E-state index contributed by atoms with van der Waals surface area (Å²) in [5, 5.41) is 0. The van der Waals surface area contributed by atoms with Crippen LogP contribution >= 0.6 is 31.9 Å². The second kappa shape index (κ2) is 5.24. The van der Waals surface area contributed by atoms with Crippen LogP contribution in [0.2, 0.25) is 0 Å². The van der Waals surface area contributed by atoms with Crippen LogP contribution < -0.4 is 5.73 Å². The van der Waals surface area contributed by atoms with E-state index in [0.29, 0.717) is 21.3 Å². The maximum absolute atomic E-state index is 12.4. The van der Waals surface area contributed by atoms with E-state index in [1.54, 1.807) is 18.2 Å². The summed E-state index contributed by atoms with van der Waals surface area (Å²) in [5.41, 5.74) is 8.61. The first kappa shape index (κ1) is 13.3. The zero-order valence-corrected chi connectivity index (χ0v) is 12.9. The summed E-state index contributed by atoms with van der Waals surface area (Å²) in [4.78, 5) is 12.4. The van der Waals surface area contributed by atoms with Crippen LogP contribution in [0.15, 0.2) is 45.3 Å². The van der Waals surface area contributed by atoms with E-state index >= 15 is 0 Å². The standard InChI is InChI=1S/C14H11Br2NO/c1-8-4-9(6-10(15)5-8)14(18)12-3-2-11(17)7-13(12)16/h2-7H,17H2,1H3. The number of nitrogens with two attached hydrogens (primary N) is 1. The number of ketones is 1. The second-order valence-electron chi connectivity index (χ2n) is 4.09. The summed E-state index contributed by atoms with van der Waals surface area (Å²) < 4.78 is 1.61. The van der Waals surface area contributed by atoms with Crippen molar-refractivity contribution in [1.29, 1.82) is 0 Å². The minimum Gasteiger partial charge on any atom is -0.399 e. The zero-order valence-electron chi connectivity index (χ0n) is 9.71. The summed E-state index contributed by atoms with van der Waals surface area (Å²) >= 11 is 6.77. The van der Waals surface area contributed by atoms with E-state index in [4.69, 9.17) is 5.73 Å². The van der Waals surface area contributed by atoms with Gasteiger partial charge in [-0.2, -0.15) is 0 Å². The van der Waals surface area contributed by atoms with Gasteiger partial charge >= 0.3 is 0 Å². The average Bonchev–Trinajstić information content (AvgIpc) is 2.26. The maximum Gasteiger partial charge on any atom is 0.194 e. The number of carbonyl (C=O) groups is 1. The largest absolute Gasteiger partial charge is 0.399 e. The van der Waals surface area contributed by atoms with E-state index in [9.17, 15) is 4.79 Å². The number of hydrogen-bond acceptors (Lipinski definition) is 2. The Kier molecular flexibility index (Phi) is 3.88. The normalized spacial score (nSPS) is 10.4. The van der Waals surface area contributed by atoms with E-state index in [-0.39, 0.29) is 5.78 Å². The van der Waals surface area contributed by atoms with Gasteiger partial charge in [-0.3, -0.25) is 4.79 Å². The molecule has 0 fully saturated rings. The summed E-state index contributed by atoms with van der Waals surface area (Å²) in [6, 6.07) is 10.8. The second-order valence-corrected chi connectivity index (χ2v) is 5.86. The third-order valence-electron chi connectivity index (χ3n) is 2.54. The molecule has 92 valence electrons. The molecular weight excluding hydrogens is 358 g/mol. The van der Waals surface area contributed by atoms with Gasteiger partial charge in [0.05, 0.1) is 0 Å². The molecule has 0 amide bonds. The van der Waals surface area contributed by atoms with Gasteiger partial charge < -0.3 is 5.73 Å². The highest BCUT2D eigenvalue weighted by Gasteiger charge is 2.13. The fraction of sp³-hybridized carbons (Fsp3) is 0.0714. The van der Waals surface area contributed by atoms with Crippen molar-refractivity contribution >= 4 is 43.3 Å². The Hall–Kier alpha value is -1.13. The Labute approximate surface area is 122 Å². The van der Waals surface area contributed by atoms with Gasteiger partial charge in [-0.05, 0) is 64.8 Å². The van der Waals surface area contributed by atoms with Crippen LogP contribution in [0.4, 0.5) is 5.69 Å². The minimum absolute atomic E-state index is 0.0220. The van der Waals surface area contributed by atoms with Gasteiger partial charge in [0.15, 0.2) is 5.78 Å². The number of aryl methyl sites for hydroxylation is 1. The lowest BCUT2D eigenvalue weighted by Crippen LogP contribution is -2.03. The molecule has 4 heteroatoms. The fourth-order valence-corrected chi connectivity index (χ4v) is 2.92. The molecule has 0 radical (unpaired) electrons. The molecule has 2 aromatic carbocycles. The first-order valence-corrected chi connectivity index (χ1v) is 6.93. The van der Waals surface area contributed by atoms with E-state index in [2.05, 4.69) is 31.9 Å². The van der Waals surface area contributed by atoms with Crippen LogP contribution in [-0.4, -0.2) is 5.78 Å². The van der Waals surface area contributed by atoms with Crippen LogP contribution in [0.1, 0.15) is 21.5 Å². The molecule has 0 heterocycles. The Morgan fingerprint density at radius 1 is 1.11 bits per heavy atom. The van der Waals surface area contributed by atoms with E-state index in [0.717, 1.165) is 10.0 Å². The molecule has 0 aromatic heterocycles. The van der Waals surface area contributed by atoms with Crippen molar-refractivity contribution in [2.24, 2.45) is 0 Å². The molecule has 0 saturated carbocycles. The van der Waals surface area contributed by atoms with Crippen LogP contribution in [0.5, 0.6) is 0 Å². The lowest BCUT2D eigenvalue weighted by Gasteiger charge is -2.06. The van der Waals surface area contributed by atoms with Gasteiger partial charge in [-0.25, -0.2) is 0 Å². The maximum atomic E-state index is 12.4. The molecule has 18 heavy (non-hydrogen) atoms. The smallest absolute Gasteiger partial charge is 0.194 e. The highest BCUT2D eigenvalue weighted by Crippen LogP contribution is 2.24. The number of anilines is 1. The molecule has 0 atom stereocenters. The molecule has 0 aliphatic rings. The fourth-order valence-electron chi connectivity index (χ4n) is 1.74. The van der Waals surface area contributed by atoms with E-state index in [1.165, 1.54) is 0 Å². The number of halogens is 2. The van der Waals surface area contributed by atoms with Crippen LogP contribution in [0.25, 0.3) is 0 Å². The topological polar surface area (TPSA) is 43.1 Å². The van der Waals surface area contributed by atoms with Crippen LogP contribution in [-0.2, 0) is 0 Å². The predicted octanol–water partition coefficient (Wildman–Crippen LogP) is 4.33. The molecule has 2 aromatic rings. The van der Waals surface area contributed by atoms with Gasteiger partial charge in [0, 0.05) is 25.8 Å². The molecule has 0 aliphatic heterocycles. The minimum atomic E-state index is -0.0220. The summed E-state index contributed by atoms with van der Waals surface area (Å²) in [5.74, 6) is -0.0220. The highest BCUT2D eigenvalue weighted by atomic mass is 79.9. The predicted molar refractivity (Wildman–Crippen MR) is 80.9 cm³/mol. The molecule has 0 aliphatic carbocycles. The molecule has 2 nitrogen and oxygen atoms in total. The van der Waals surface area contributed by atoms with Crippen molar-refractivity contribution in [3.8, 4) is 0 Å². The number of nitrogen functional groups attached to an aromatic ring is 1. The lowest BCUT2D eigenvalue weighted by atomic mass is 10.0. The lowest BCUT2D eigenvalue weighted by molar-refractivity contribution is 0.103. The molecule has 2 N–H and O–H groups in total. The van der Waals surface area contributed by atoms with Gasteiger partial charge in [-0.15, -0.1) is 0 Å². The third-order valence-corrected chi connectivity index (χ3v) is 3.66. The molecule has 0 saturated heterocycles. The van der Waals surface area contributed by atoms with Crippen molar-refractivity contribution in [3.05, 3.63) is 62.0 Å². The number of hydrogen-bond donors (Lipinski definition) is 1. The van der Waals surface area contributed by atoms with Crippen LogP contribution in [0, 0.1) is 6.92 Å². The first-order valence-electron chi connectivity index (χ1n) is 5.34. The molecule has 2 rings (SSSR count). The van der Waals surface area contributed by atoms with E-state index < -0.39 is 0 Å². The zero-order chi connectivity index (χ0) is 13.3. The van der Waals surface area contributed by atoms with E-state index in [1.807, 2.05) is 25.1 Å². The van der Waals surface area contributed by atoms with Gasteiger partial charge in [-0.1, -0.05) is 15.9 Å². The summed E-state index contributed by atoms with van der Waals surface area (Å²) in [6.45, 7) is 1.96.